The first kappa shape index (κ1) is 26.3. The molecule has 2 aliphatic rings. The van der Waals surface area contributed by atoms with Crippen LogP contribution in [0.2, 0.25) is 0 Å². The molecule has 1 atom stereocenters. The molecule has 0 bridgehead atoms. The van der Waals surface area contributed by atoms with Crippen LogP contribution in [0.3, 0.4) is 0 Å². The number of morpholine rings is 1. The van der Waals surface area contributed by atoms with Crippen LogP contribution in [0.25, 0.3) is 0 Å². The normalized spacial score (nSPS) is 19.7. The van der Waals surface area contributed by atoms with Crippen molar-refractivity contribution in [1.82, 2.24) is 20.1 Å². The van der Waals surface area contributed by atoms with Crippen LogP contribution in [-0.2, 0) is 10.2 Å². The highest BCUT2D eigenvalue weighted by molar-refractivity contribution is 5.74. The second kappa shape index (κ2) is 12.0. The van der Waals surface area contributed by atoms with Crippen LogP contribution in [0.5, 0.6) is 0 Å². The quantitative estimate of drug-likeness (QED) is 0.450. The number of halogens is 2. The molecule has 3 heterocycles. The second-order valence-corrected chi connectivity index (χ2v) is 10.0. The molecule has 8 heteroatoms. The molecule has 0 saturated carbocycles. The number of carbonyl (C=O) groups is 1. The smallest absolute Gasteiger partial charge is 0.318 e. The Morgan fingerprint density at radius 2 is 1.79 bits per heavy atom. The summed E-state index contributed by atoms with van der Waals surface area (Å²) >= 11 is 0. The number of pyridine rings is 1. The van der Waals surface area contributed by atoms with Crippen LogP contribution in [0, 0.1) is 11.6 Å². The second-order valence-electron chi connectivity index (χ2n) is 10.0. The number of nitrogens with zero attached hydrogens (tertiary/aromatic N) is 3. The molecule has 2 aromatic carbocycles. The fourth-order valence-corrected chi connectivity index (χ4v) is 5.70. The van der Waals surface area contributed by atoms with E-state index in [0.717, 1.165) is 56.7 Å². The first-order valence-corrected chi connectivity index (χ1v) is 13.3. The zero-order valence-electron chi connectivity index (χ0n) is 21.5. The lowest BCUT2D eigenvalue weighted by atomic mass is 9.70. The summed E-state index contributed by atoms with van der Waals surface area (Å²) in [6.45, 7) is 4.43. The van der Waals surface area contributed by atoms with E-state index in [1.165, 1.54) is 11.6 Å². The van der Waals surface area contributed by atoms with Crippen molar-refractivity contribution < 1.29 is 18.3 Å². The minimum absolute atomic E-state index is 0.0849. The number of aromatic nitrogens is 1. The van der Waals surface area contributed by atoms with Gasteiger partial charge in [-0.3, -0.25) is 4.98 Å². The van der Waals surface area contributed by atoms with Gasteiger partial charge in [0.2, 0.25) is 0 Å². The molecule has 2 aliphatic heterocycles. The van der Waals surface area contributed by atoms with Crippen molar-refractivity contribution >= 4 is 6.03 Å². The minimum atomic E-state index is -0.922. The monoisotopic (exact) mass is 520 g/mol. The molecule has 0 spiro atoms. The zero-order valence-corrected chi connectivity index (χ0v) is 21.5. The number of likely N-dealkylation sites (tertiary alicyclic amines) is 1. The van der Waals surface area contributed by atoms with Crippen LogP contribution in [-0.4, -0.2) is 66.8 Å². The third-order valence-electron chi connectivity index (χ3n) is 7.84. The van der Waals surface area contributed by atoms with Crippen LogP contribution in [0.4, 0.5) is 13.6 Å². The SMILES string of the molecule is O=C(NCCCN1CCC(c2ccccc2)(c2ccccn2)CC1)N1CCOCC1c1ccc(F)c(F)c1. The summed E-state index contributed by atoms with van der Waals surface area (Å²) in [7, 11) is 0. The Kier molecular flexibility index (Phi) is 8.29. The fraction of sp³-hybridized carbons (Fsp3) is 0.400. The van der Waals surface area contributed by atoms with Gasteiger partial charge in [0.15, 0.2) is 11.6 Å². The number of rotatable bonds is 7. The lowest BCUT2D eigenvalue weighted by Crippen LogP contribution is -2.48. The van der Waals surface area contributed by atoms with Gasteiger partial charge in [-0.2, -0.15) is 0 Å². The minimum Gasteiger partial charge on any atom is -0.377 e. The highest BCUT2D eigenvalue weighted by Gasteiger charge is 2.38. The first-order valence-electron chi connectivity index (χ1n) is 13.3. The molecular weight excluding hydrogens is 486 g/mol. The molecule has 6 nitrogen and oxygen atoms in total. The maximum Gasteiger partial charge on any atom is 0.318 e. The standard InChI is InChI=1S/C30H34F2N4O2/c31-25-11-10-23(21-26(25)32)27-22-38-20-19-36(27)29(37)34-15-6-16-35-17-12-30(13-18-35,24-7-2-1-3-8-24)28-9-4-5-14-33-28/h1-5,7-11,14,21,27H,6,12-13,15-20,22H2,(H,34,37). The van der Waals surface area contributed by atoms with Gasteiger partial charge in [0.05, 0.1) is 24.9 Å². The molecule has 38 heavy (non-hydrogen) atoms. The molecule has 1 unspecified atom stereocenters. The molecule has 0 radical (unpaired) electrons. The van der Waals surface area contributed by atoms with Gasteiger partial charge in [-0.1, -0.05) is 42.5 Å². The fourth-order valence-electron chi connectivity index (χ4n) is 5.70. The van der Waals surface area contributed by atoms with E-state index in [1.807, 2.05) is 12.3 Å². The maximum atomic E-state index is 13.8. The van der Waals surface area contributed by atoms with E-state index >= 15 is 0 Å². The summed E-state index contributed by atoms with van der Waals surface area (Å²) < 4.78 is 32.7. The predicted molar refractivity (Wildman–Crippen MR) is 142 cm³/mol. The average molecular weight is 521 g/mol. The number of benzene rings is 2. The average Bonchev–Trinajstić information content (AvgIpc) is 2.98. The van der Waals surface area contributed by atoms with E-state index in [2.05, 4.69) is 52.7 Å². The number of nitrogens with one attached hydrogen (secondary N) is 1. The number of urea groups is 1. The van der Waals surface area contributed by atoms with Crippen molar-refractivity contribution in [2.75, 3.05) is 45.9 Å². The van der Waals surface area contributed by atoms with Gasteiger partial charge >= 0.3 is 6.03 Å². The van der Waals surface area contributed by atoms with Crippen molar-refractivity contribution in [1.29, 1.82) is 0 Å². The van der Waals surface area contributed by atoms with E-state index in [9.17, 15) is 13.6 Å². The molecule has 3 aromatic rings. The molecule has 2 fully saturated rings. The third kappa shape index (κ3) is 5.71. The zero-order chi connectivity index (χ0) is 26.4. The molecular formula is C30H34F2N4O2. The molecule has 1 aromatic heterocycles. The Morgan fingerprint density at radius 1 is 1.00 bits per heavy atom. The van der Waals surface area contributed by atoms with Crippen LogP contribution < -0.4 is 5.32 Å². The Morgan fingerprint density at radius 3 is 2.53 bits per heavy atom. The Hall–Kier alpha value is -3.36. The topological polar surface area (TPSA) is 57.7 Å². The van der Waals surface area contributed by atoms with Gasteiger partial charge in [-0.05, 0) is 74.3 Å². The van der Waals surface area contributed by atoms with E-state index < -0.39 is 17.7 Å². The predicted octanol–water partition coefficient (Wildman–Crippen LogP) is 4.91. The highest BCUT2D eigenvalue weighted by atomic mass is 19.2. The third-order valence-corrected chi connectivity index (χ3v) is 7.84. The summed E-state index contributed by atoms with van der Waals surface area (Å²) in [5.74, 6) is -1.82. The molecule has 0 aliphatic carbocycles. The van der Waals surface area contributed by atoms with Crippen molar-refractivity contribution in [2.45, 2.75) is 30.7 Å². The Bertz CT molecular complexity index is 1160. The van der Waals surface area contributed by atoms with Gasteiger partial charge in [-0.25, -0.2) is 13.6 Å². The summed E-state index contributed by atoms with van der Waals surface area (Å²) in [6, 6.07) is 19.9. The van der Waals surface area contributed by atoms with E-state index in [1.54, 1.807) is 4.90 Å². The molecule has 1 N–H and O–H groups in total. The summed E-state index contributed by atoms with van der Waals surface area (Å²) in [5.41, 5.74) is 2.88. The van der Waals surface area contributed by atoms with E-state index in [-0.39, 0.29) is 18.1 Å². The number of hydrogen-bond donors (Lipinski definition) is 1. The number of ether oxygens (including phenoxy) is 1. The number of piperidine rings is 1. The van der Waals surface area contributed by atoms with Crippen molar-refractivity contribution in [3.8, 4) is 0 Å². The van der Waals surface area contributed by atoms with Crippen molar-refractivity contribution in [3.05, 3.63) is 101 Å². The van der Waals surface area contributed by atoms with Crippen molar-refractivity contribution in [3.63, 3.8) is 0 Å². The molecule has 200 valence electrons. The van der Waals surface area contributed by atoms with Gasteiger partial charge in [0.25, 0.3) is 0 Å². The molecule has 2 saturated heterocycles. The van der Waals surface area contributed by atoms with Gasteiger partial charge < -0.3 is 19.9 Å². The molecule has 5 rings (SSSR count). The number of amides is 2. The summed E-state index contributed by atoms with van der Waals surface area (Å²) in [6.07, 6.45) is 4.68. The van der Waals surface area contributed by atoms with E-state index in [0.29, 0.717) is 25.3 Å². The number of carbonyl (C=O) groups excluding carboxylic acids is 1. The van der Waals surface area contributed by atoms with Crippen LogP contribution in [0.15, 0.2) is 72.9 Å². The van der Waals surface area contributed by atoms with E-state index in [4.69, 9.17) is 9.72 Å². The summed E-state index contributed by atoms with van der Waals surface area (Å²) in [5, 5.41) is 3.01. The lowest BCUT2D eigenvalue weighted by Gasteiger charge is -2.42. The Labute approximate surface area is 222 Å². The first-order chi connectivity index (χ1) is 18.6. The van der Waals surface area contributed by atoms with Crippen LogP contribution >= 0.6 is 0 Å². The largest absolute Gasteiger partial charge is 0.377 e. The number of hydrogen-bond acceptors (Lipinski definition) is 4. The summed E-state index contributed by atoms with van der Waals surface area (Å²) in [4.78, 5) is 21.8. The van der Waals surface area contributed by atoms with Gasteiger partial charge in [0, 0.05) is 24.7 Å². The lowest BCUT2D eigenvalue weighted by molar-refractivity contribution is 0.0115. The Balaban J connectivity index is 1.13. The van der Waals surface area contributed by atoms with Gasteiger partial charge in [0.1, 0.15) is 0 Å². The van der Waals surface area contributed by atoms with Crippen LogP contribution in [0.1, 0.15) is 42.1 Å². The van der Waals surface area contributed by atoms with Gasteiger partial charge in [-0.15, -0.1) is 0 Å². The highest BCUT2D eigenvalue weighted by Crippen LogP contribution is 2.40. The molecule has 2 amide bonds. The van der Waals surface area contributed by atoms with Crippen molar-refractivity contribution in [2.24, 2.45) is 0 Å². The maximum absolute atomic E-state index is 13.8.